The van der Waals surface area contributed by atoms with E-state index in [0.29, 0.717) is 6.04 Å². The van der Waals surface area contributed by atoms with Crippen LogP contribution in [-0.2, 0) is 0 Å². The Bertz CT molecular complexity index is 326. The fraction of sp³-hybridized carbons (Fsp3) is 0.636. The van der Waals surface area contributed by atoms with Gasteiger partial charge in [0.2, 0.25) is 0 Å². The zero-order chi connectivity index (χ0) is 10.7. The van der Waals surface area contributed by atoms with Crippen molar-refractivity contribution in [3.8, 4) is 0 Å². The Morgan fingerprint density at radius 3 is 2.73 bits per heavy atom. The molecular formula is C11H18N4. The van der Waals surface area contributed by atoms with Crippen LogP contribution in [0.25, 0.3) is 0 Å². The van der Waals surface area contributed by atoms with E-state index >= 15 is 0 Å². The van der Waals surface area contributed by atoms with Crippen molar-refractivity contribution in [1.29, 1.82) is 0 Å². The maximum Gasteiger partial charge on any atom is 0.131 e. The summed E-state index contributed by atoms with van der Waals surface area (Å²) < 4.78 is 0. The van der Waals surface area contributed by atoms with Gasteiger partial charge in [0.15, 0.2) is 0 Å². The van der Waals surface area contributed by atoms with Gasteiger partial charge in [0.25, 0.3) is 0 Å². The number of aromatic nitrogens is 2. The molecule has 1 aliphatic carbocycles. The summed E-state index contributed by atoms with van der Waals surface area (Å²) in [6.07, 6.45) is 5.48. The zero-order valence-electron chi connectivity index (χ0n) is 9.33. The predicted octanol–water partition coefficient (Wildman–Crippen LogP) is 2.12. The van der Waals surface area contributed by atoms with Crippen molar-refractivity contribution in [3.05, 3.63) is 12.4 Å². The maximum absolute atomic E-state index is 4.22. The Balaban J connectivity index is 2.03. The van der Waals surface area contributed by atoms with Crippen LogP contribution in [0.1, 0.15) is 26.2 Å². The SMILES string of the molecule is CNc1cc(NC2CCCC2C)ncn1. The van der Waals surface area contributed by atoms with E-state index in [0.717, 1.165) is 17.6 Å². The Labute approximate surface area is 90.5 Å². The minimum absolute atomic E-state index is 0.574. The molecule has 4 nitrogen and oxygen atoms in total. The second kappa shape index (κ2) is 4.47. The average molecular weight is 206 g/mol. The zero-order valence-corrected chi connectivity index (χ0v) is 9.33. The van der Waals surface area contributed by atoms with Crippen LogP contribution < -0.4 is 10.6 Å². The molecule has 1 aromatic heterocycles. The number of nitrogens with zero attached hydrogens (tertiary/aromatic N) is 2. The first-order valence-electron chi connectivity index (χ1n) is 5.56. The summed E-state index contributed by atoms with van der Waals surface area (Å²) in [4.78, 5) is 8.31. The lowest BCUT2D eigenvalue weighted by atomic mass is 10.1. The standard InChI is InChI=1S/C11H18N4/c1-8-4-3-5-9(8)15-11-6-10(12-2)13-7-14-11/h6-9H,3-5H2,1-2H3,(H2,12,13,14,15). The van der Waals surface area contributed by atoms with Gasteiger partial charge in [-0.15, -0.1) is 0 Å². The van der Waals surface area contributed by atoms with Crippen molar-refractivity contribution in [2.75, 3.05) is 17.7 Å². The van der Waals surface area contributed by atoms with Crippen LogP contribution in [0.4, 0.5) is 11.6 Å². The predicted molar refractivity (Wildman–Crippen MR) is 62.0 cm³/mol. The van der Waals surface area contributed by atoms with E-state index in [1.165, 1.54) is 19.3 Å². The lowest BCUT2D eigenvalue weighted by Gasteiger charge is -2.17. The van der Waals surface area contributed by atoms with Crippen molar-refractivity contribution >= 4 is 11.6 Å². The minimum Gasteiger partial charge on any atom is -0.373 e. The monoisotopic (exact) mass is 206 g/mol. The van der Waals surface area contributed by atoms with Crippen molar-refractivity contribution in [2.24, 2.45) is 5.92 Å². The molecule has 2 N–H and O–H groups in total. The van der Waals surface area contributed by atoms with Gasteiger partial charge < -0.3 is 10.6 Å². The molecule has 0 spiro atoms. The molecule has 2 atom stereocenters. The maximum atomic E-state index is 4.22. The first kappa shape index (κ1) is 10.2. The third kappa shape index (κ3) is 2.37. The van der Waals surface area contributed by atoms with Crippen LogP contribution in [0.15, 0.2) is 12.4 Å². The lowest BCUT2D eigenvalue weighted by molar-refractivity contribution is 0.555. The summed E-state index contributed by atoms with van der Waals surface area (Å²) in [5, 5.41) is 6.49. The minimum atomic E-state index is 0.574. The summed E-state index contributed by atoms with van der Waals surface area (Å²) in [5.74, 6) is 2.53. The molecule has 2 unspecified atom stereocenters. The van der Waals surface area contributed by atoms with Gasteiger partial charge >= 0.3 is 0 Å². The number of anilines is 2. The average Bonchev–Trinajstić information content (AvgIpc) is 2.65. The van der Waals surface area contributed by atoms with E-state index in [4.69, 9.17) is 0 Å². The highest BCUT2D eigenvalue weighted by Crippen LogP contribution is 2.27. The molecule has 1 aliphatic rings. The molecule has 2 rings (SSSR count). The summed E-state index contributed by atoms with van der Waals surface area (Å²) >= 11 is 0. The van der Waals surface area contributed by atoms with E-state index in [9.17, 15) is 0 Å². The Kier molecular flexibility index (Phi) is 3.04. The fourth-order valence-corrected chi connectivity index (χ4v) is 2.12. The second-order valence-corrected chi connectivity index (χ2v) is 4.20. The molecule has 0 aromatic carbocycles. The van der Waals surface area contributed by atoms with E-state index in [-0.39, 0.29) is 0 Å². The van der Waals surface area contributed by atoms with Crippen molar-refractivity contribution < 1.29 is 0 Å². The number of rotatable bonds is 3. The summed E-state index contributed by atoms with van der Waals surface area (Å²) in [7, 11) is 1.87. The van der Waals surface area contributed by atoms with Gasteiger partial charge in [-0.3, -0.25) is 0 Å². The molecule has 4 heteroatoms. The molecule has 0 saturated heterocycles. The molecule has 1 saturated carbocycles. The molecule has 82 valence electrons. The molecular weight excluding hydrogens is 188 g/mol. The second-order valence-electron chi connectivity index (χ2n) is 4.20. The highest BCUT2D eigenvalue weighted by molar-refractivity contribution is 5.46. The van der Waals surface area contributed by atoms with Crippen LogP contribution in [0.3, 0.4) is 0 Å². The van der Waals surface area contributed by atoms with E-state index in [2.05, 4.69) is 27.5 Å². The van der Waals surface area contributed by atoms with Gasteiger partial charge in [0, 0.05) is 19.2 Å². The molecule has 1 heterocycles. The topological polar surface area (TPSA) is 49.8 Å². The Morgan fingerprint density at radius 1 is 1.27 bits per heavy atom. The molecule has 15 heavy (non-hydrogen) atoms. The number of nitrogens with one attached hydrogen (secondary N) is 2. The highest BCUT2D eigenvalue weighted by Gasteiger charge is 2.23. The number of hydrogen-bond donors (Lipinski definition) is 2. The van der Waals surface area contributed by atoms with E-state index in [1.807, 2.05) is 13.1 Å². The van der Waals surface area contributed by atoms with E-state index in [1.54, 1.807) is 6.33 Å². The largest absolute Gasteiger partial charge is 0.373 e. The van der Waals surface area contributed by atoms with Gasteiger partial charge in [-0.25, -0.2) is 9.97 Å². The summed E-state index contributed by atoms with van der Waals surface area (Å²) in [6.45, 7) is 2.30. The Hall–Kier alpha value is -1.32. The first-order valence-corrected chi connectivity index (χ1v) is 5.56. The molecule has 0 amide bonds. The highest BCUT2D eigenvalue weighted by atomic mass is 15.1. The normalized spacial score (nSPS) is 25.2. The van der Waals surface area contributed by atoms with Crippen molar-refractivity contribution in [2.45, 2.75) is 32.2 Å². The van der Waals surface area contributed by atoms with Crippen LogP contribution in [0.2, 0.25) is 0 Å². The molecule has 0 bridgehead atoms. The van der Waals surface area contributed by atoms with Crippen LogP contribution in [0.5, 0.6) is 0 Å². The van der Waals surface area contributed by atoms with Gasteiger partial charge in [-0.1, -0.05) is 13.3 Å². The van der Waals surface area contributed by atoms with Crippen molar-refractivity contribution in [1.82, 2.24) is 9.97 Å². The third-order valence-corrected chi connectivity index (χ3v) is 3.12. The molecule has 1 aromatic rings. The van der Waals surface area contributed by atoms with Crippen molar-refractivity contribution in [3.63, 3.8) is 0 Å². The number of hydrogen-bond acceptors (Lipinski definition) is 4. The van der Waals surface area contributed by atoms with Crippen LogP contribution >= 0.6 is 0 Å². The van der Waals surface area contributed by atoms with Gasteiger partial charge in [-0.2, -0.15) is 0 Å². The Morgan fingerprint density at radius 2 is 2.07 bits per heavy atom. The molecule has 1 fully saturated rings. The summed E-state index contributed by atoms with van der Waals surface area (Å²) in [6, 6.07) is 2.52. The lowest BCUT2D eigenvalue weighted by Crippen LogP contribution is -2.22. The van der Waals surface area contributed by atoms with E-state index < -0.39 is 0 Å². The molecule has 0 radical (unpaired) electrons. The van der Waals surface area contributed by atoms with Crippen LogP contribution in [0, 0.1) is 5.92 Å². The molecule has 0 aliphatic heterocycles. The fourth-order valence-electron chi connectivity index (χ4n) is 2.12. The van der Waals surface area contributed by atoms with Gasteiger partial charge in [-0.05, 0) is 18.8 Å². The quantitative estimate of drug-likeness (QED) is 0.795. The summed E-state index contributed by atoms with van der Waals surface area (Å²) in [5.41, 5.74) is 0. The van der Waals surface area contributed by atoms with Crippen LogP contribution in [-0.4, -0.2) is 23.1 Å². The van der Waals surface area contributed by atoms with Gasteiger partial charge in [0.05, 0.1) is 0 Å². The first-order chi connectivity index (χ1) is 7.29. The third-order valence-electron chi connectivity index (χ3n) is 3.12. The van der Waals surface area contributed by atoms with Gasteiger partial charge in [0.1, 0.15) is 18.0 Å². The smallest absolute Gasteiger partial charge is 0.131 e.